The Morgan fingerprint density at radius 2 is 1.72 bits per heavy atom. The van der Waals surface area contributed by atoms with Crippen LogP contribution in [0.5, 0.6) is 0 Å². The SMILES string of the molecule is O=C(Nc1ccc2[nH]c(C(=O)O)cc2c1)c1cccc(-c2cc(Cl)cc(Cl)c2)n1. The van der Waals surface area contributed by atoms with Crippen LogP contribution >= 0.6 is 23.2 Å². The highest BCUT2D eigenvalue weighted by atomic mass is 35.5. The standard InChI is InChI=1S/C21H13Cl2N3O3/c22-13-6-11(7-14(23)10-13)16-2-1-3-18(25-16)20(27)24-15-4-5-17-12(8-15)9-19(26-17)21(28)29/h1-10,26H,(H,24,27)(H,28,29). The maximum atomic E-state index is 12.7. The van der Waals surface area contributed by atoms with Crippen molar-refractivity contribution in [2.45, 2.75) is 0 Å². The molecule has 29 heavy (non-hydrogen) atoms. The molecule has 0 bridgehead atoms. The molecule has 0 saturated heterocycles. The minimum absolute atomic E-state index is 0.0815. The molecule has 0 aliphatic heterocycles. The van der Waals surface area contributed by atoms with Crippen LogP contribution < -0.4 is 5.32 Å². The Bertz CT molecular complexity index is 1250. The molecule has 0 fully saturated rings. The molecule has 2 heterocycles. The molecule has 0 spiro atoms. The van der Waals surface area contributed by atoms with Crippen molar-refractivity contribution in [3.63, 3.8) is 0 Å². The van der Waals surface area contributed by atoms with E-state index in [-0.39, 0.29) is 11.4 Å². The van der Waals surface area contributed by atoms with Gasteiger partial charge in [-0.25, -0.2) is 9.78 Å². The van der Waals surface area contributed by atoms with Crippen molar-refractivity contribution in [3.8, 4) is 11.3 Å². The summed E-state index contributed by atoms with van der Waals surface area (Å²) in [7, 11) is 0. The molecule has 4 rings (SSSR count). The van der Waals surface area contributed by atoms with E-state index in [1.165, 1.54) is 6.07 Å². The lowest BCUT2D eigenvalue weighted by atomic mass is 10.1. The highest BCUT2D eigenvalue weighted by molar-refractivity contribution is 6.35. The third-order valence-corrected chi connectivity index (χ3v) is 4.69. The molecule has 8 heteroatoms. The van der Waals surface area contributed by atoms with Gasteiger partial charge in [0.05, 0.1) is 5.69 Å². The number of carboxylic acids is 1. The van der Waals surface area contributed by atoms with E-state index in [1.807, 2.05) is 0 Å². The van der Waals surface area contributed by atoms with E-state index >= 15 is 0 Å². The number of carboxylic acid groups (broad SMARTS) is 1. The number of anilines is 1. The minimum Gasteiger partial charge on any atom is -0.477 e. The van der Waals surface area contributed by atoms with Crippen LogP contribution in [0.25, 0.3) is 22.2 Å². The van der Waals surface area contributed by atoms with Gasteiger partial charge < -0.3 is 15.4 Å². The van der Waals surface area contributed by atoms with Gasteiger partial charge in [-0.3, -0.25) is 4.79 Å². The number of benzene rings is 2. The second kappa shape index (κ2) is 7.58. The van der Waals surface area contributed by atoms with Crippen LogP contribution in [0, 0.1) is 0 Å². The first-order valence-corrected chi connectivity index (χ1v) is 9.25. The Morgan fingerprint density at radius 1 is 0.966 bits per heavy atom. The molecule has 1 amide bonds. The predicted octanol–water partition coefficient (Wildman–Crippen LogP) is 5.49. The monoisotopic (exact) mass is 425 g/mol. The fourth-order valence-electron chi connectivity index (χ4n) is 2.94. The van der Waals surface area contributed by atoms with Crippen LogP contribution in [0.2, 0.25) is 10.0 Å². The number of halogens is 2. The number of aromatic amines is 1. The van der Waals surface area contributed by atoms with Gasteiger partial charge in [0, 0.05) is 32.2 Å². The van der Waals surface area contributed by atoms with Crippen molar-refractivity contribution in [2.24, 2.45) is 0 Å². The van der Waals surface area contributed by atoms with Crippen molar-refractivity contribution in [3.05, 3.63) is 82.1 Å². The summed E-state index contributed by atoms with van der Waals surface area (Å²) in [6, 6.07) is 16.7. The summed E-state index contributed by atoms with van der Waals surface area (Å²) in [6.07, 6.45) is 0. The minimum atomic E-state index is -1.05. The largest absolute Gasteiger partial charge is 0.477 e. The molecule has 2 aromatic carbocycles. The number of pyridine rings is 1. The van der Waals surface area contributed by atoms with Crippen LogP contribution in [0.4, 0.5) is 5.69 Å². The van der Waals surface area contributed by atoms with E-state index in [0.29, 0.717) is 37.9 Å². The molecule has 0 aliphatic carbocycles. The first-order chi connectivity index (χ1) is 13.9. The van der Waals surface area contributed by atoms with Gasteiger partial charge in [0.15, 0.2) is 0 Å². The summed E-state index contributed by atoms with van der Waals surface area (Å²) in [5.74, 6) is -1.44. The van der Waals surface area contributed by atoms with Crippen molar-refractivity contribution < 1.29 is 14.7 Å². The molecule has 0 unspecified atom stereocenters. The molecule has 0 atom stereocenters. The average molecular weight is 426 g/mol. The number of aromatic carboxylic acids is 1. The Kier molecular flexibility index (Phi) is 4.96. The number of nitrogens with zero attached hydrogens (tertiary/aromatic N) is 1. The molecule has 144 valence electrons. The molecular formula is C21H13Cl2N3O3. The van der Waals surface area contributed by atoms with Crippen LogP contribution in [-0.2, 0) is 0 Å². The van der Waals surface area contributed by atoms with Crippen LogP contribution in [0.3, 0.4) is 0 Å². The number of aromatic nitrogens is 2. The van der Waals surface area contributed by atoms with Gasteiger partial charge in [-0.2, -0.15) is 0 Å². The number of hydrogen-bond donors (Lipinski definition) is 3. The summed E-state index contributed by atoms with van der Waals surface area (Å²) in [5.41, 5.74) is 2.76. The molecule has 4 aromatic rings. The normalized spacial score (nSPS) is 10.8. The fourth-order valence-corrected chi connectivity index (χ4v) is 3.47. The highest BCUT2D eigenvalue weighted by Crippen LogP contribution is 2.26. The van der Waals surface area contributed by atoms with E-state index in [0.717, 1.165) is 0 Å². The van der Waals surface area contributed by atoms with Crippen LogP contribution in [0.1, 0.15) is 21.0 Å². The van der Waals surface area contributed by atoms with E-state index in [2.05, 4.69) is 15.3 Å². The number of rotatable bonds is 4. The second-order valence-electron chi connectivity index (χ2n) is 6.31. The lowest BCUT2D eigenvalue weighted by Gasteiger charge is -2.07. The van der Waals surface area contributed by atoms with Gasteiger partial charge >= 0.3 is 5.97 Å². The third-order valence-electron chi connectivity index (χ3n) is 4.25. The molecule has 0 radical (unpaired) electrons. The zero-order valence-electron chi connectivity index (χ0n) is 14.7. The Balaban J connectivity index is 1.60. The van der Waals surface area contributed by atoms with Crippen LogP contribution in [0.15, 0.2) is 60.7 Å². The maximum Gasteiger partial charge on any atom is 0.352 e. The van der Waals surface area contributed by atoms with Crippen molar-refractivity contribution in [2.75, 3.05) is 5.32 Å². The first kappa shape index (κ1) is 19.0. The highest BCUT2D eigenvalue weighted by Gasteiger charge is 2.12. The average Bonchev–Trinajstić information content (AvgIpc) is 3.11. The van der Waals surface area contributed by atoms with Gasteiger partial charge in [0.2, 0.25) is 0 Å². The van der Waals surface area contributed by atoms with E-state index in [4.69, 9.17) is 28.3 Å². The van der Waals surface area contributed by atoms with E-state index in [9.17, 15) is 9.59 Å². The quantitative estimate of drug-likeness (QED) is 0.402. The third kappa shape index (κ3) is 4.08. The summed E-state index contributed by atoms with van der Waals surface area (Å²) in [6.45, 7) is 0. The first-order valence-electron chi connectivity index (χ1n) is 8.50. The molecule has 6 nitrogen and oxygen atoms in total. The predicted molar refractivity (Wildman–Crippen MR) is 113 cm³/mol. The zero-order valence-corrected chi connectivity index (χ0v) is 16.3. The lowest BCUT2D eigenvalue weighted by Crippen LogP contribution is -2.13. The van der Waals surface area contributed by atoms with Gasteiger partial charge in [-0.1, -0.05) is 29.3 Å². The number of nitrogens with one attached hydrogen (secondary N) is 2. The number of carbonyl (C=O) groups excluding carboxylic acids is 1. The summed E-state index contributed by atoms with van der Waals surface area (Å²) >= 11 is 12.1. The Morgan fingerprint density at radius 3 is 2.45 bits per heavy atom. The molecule has 0 saturated carbocycles. The molecular weight excluding hydrogens is 413 g/mol. The molecule has 2 aromatic heterocycles. The van der Waals surface area contributed by atoms with Gasteiger partial charge in [-0.05, 0) is 54.6 Å². The van der Waals surface area contributed by atoms with Crippen molar-refractivity contribution in [1.29, 1.82) is 0 Å². The number of hydrogen-bond acceptors (Lipinski definition) is 3. The number of carbonyl (C=O) groups is 2. The smallest absolute Gasteiger partial charge is 0.352 e. The summed E-state index contributed by atoms with van der Waals surface area (Å²) in [4.78, 5) is 30.9. The fraction of sp³-hybridized carbons (Fsp3) is 0. The van der Waals surface area contributed by atoms with Crippen LogP contribution in [-0.4, -0.2) is 27.0 Å². The van der Waals surface area contributed by atoms with Gasteiger partial charge in [0.25, 0.3) is 5.91 Å². The van der Waals surface area contributed by atoms with E-state index in [1.54, 1.807) is 54.6 Å². The van der Waals surface area contributed by atoms with Crippen molar-refractivity contribution in [1.82, 2.24) is 9.97 Å². The van der Waals surface area contributed by atoms with Crippen molar-refractivity contribution >= 4 is 51.7 Å². The maximum absolute atomic E-state index is 12.7. The number of H-pyrrole nitrogens is 1. The Labute approximate surface area is 175 Å². The topological polar surface area (TPSA) is 95.1 Å². The summed E-state index contributed by atoms with van der Waals surface area (Å²) in [5, 5.41) is 13.5. The second-order valence-corrected chi connectivity index (χ2v) is 7.18. The lowest BCUT2D eigenvalue weighted by molar-refractivity contribution is 0.0691. The number of amides is 1. The van der Waals surface area contributed by atoms with Gasteiger partial charge in [-0.15, -0.1) is 0 Å². The molecule has 0 aliphatic rings. The van der Waals surface area contributed by atoms with E-state index < -0.39 is 11.9 Å². The molecule has 3 N–H and O–H groups in total. The zero-order chi connectivity index (χ0) is 20.5. The Hall–Kier alpha value is -3.35. The summed E-state index contributed by atoms with van der Waals surface area (Å²) < 4.78 is 0. The van der Waals surface area contributed by atoms with Gasteiger partial charge in [0.1, 0.15) is 11.4 Å². The number of fused-ring (bicyclic) bond motifs is 1.